The minimum absolute atomic E-state index is 0.251. The Hall–Kier alpha value is -0.130. The van der Waals surface area contributed by atoms with Crippen molar-refractivity contribution in [3.05, 3.63) is 0 Å². The molecule has 0 saturated heterocycles. The van der Waals surface area contributed by atoms with Crippen molar-refractivity contribution < 1.29 is 13.2 Å². The largest absolute Gasteiger partial charge is 0.382 e. The molecule has 1 unspecified atom stereocenters. The fraction of sp³-hybridized carbons (Fsp3) is 1.00. The Balaban J connectivity index is 3.89. The molecule has 0 fully saturated rings. The van der Waals surface area contributed by atoms with Crippen LogP contribution in [0.4, 0.5) is 0 Å². The number of hydrogen-bond acceptors (Lipinski definition) is 4. The molecule has 5 heteroatoms. The van der Waals surface area contributed by atoms with Gasteiger partial charge in [0.2, 0.25) is 0 Å². The molecular weight excluding hydrogens is 226 g/mol. The third-order valence-electron chi connectivity index (χ3n) is 2.33. The molecule has 0 heterocycles. The normalized spacial score (nSPS) is 13.9. The molecule has 0 aromatic rings. The van der Waals surface area contributed by atoms with Gasteiger partial charge in [-0.25, -0.2) is 8.42 Å². The van der Waals surface area contributed by atoms with E-state index in [-0.39, 0.29) is 11.8 Å². The van der Waals surface area contributed by atoms with E-state index in [1.165, 1.54) is 6.26 Å². The molecule has 98 valence electrons. The fourth-order valence-electron chi connectivity index (χ4n) is 1.42. The van der Waals surface area contributed by atoms with Crippen LogP contribution in [0.3, 0.4) is 0 Å². The summed E-state index contributed by atoms with van der Waals surface area (Å²) >= 11 is 0. The monoisotopic (exact) mass is 251 g/mol. The lowest BCUT2D eigenvalue weighted by Gasteiger charge is -2.17. The quantitative estimate of drug-likeness (QED) is 0.593. The molecule has 0 aliphatic rings. The molecule has 0 amide bonds. The first-order chi connectivity index (χ1) is 7.49. The van der Waals surface area contributed by atoms with Crippen molar-refractivity contribution in [3.63, 3.8) is 0 Å². The van der Waals surface area contributed by atoms with Crippen LogP contribution in [0.5, 0.6) is 0 Å². The first-order valence-corrected chi connectivity index (χ1v) is 8.04. The zero-order chi connectivity index (χ0) is 12.4. The van der Waals surface area contributed by atoms with Gasteiger partial charge in [-0.2, -0.15) is 0 Å². The second-order valence-corrected chi connectivity index (χ2v) is 6.31. The highest BCUT2D eigenvalue weighted by atomic mass is 32.2. The van der Waals surface area contributed by atoms with Gasteiger partial charge >= 0.3 is 0 Å². The summed E-state index contributed by atoms with van der Waals surface area (Å²) < 4.78 is 27.4. The number of hydrogen-bond donors (Lipinski definition) is 1. The predicted octanol–water partition coefficient (Wildman–Crippen LogP) is 1.22. The van der Waals surface area contributed by atoms with E-state index < -0.39 is 9.84 Å². The molecule has 0 aliphatic heterocycles. The van der Waals surface area contributed by atoms with E-state index in [0.29, 0.717) is 19.6 Å². The van der Waals surface area contributed by atoms with Crippen molar-refractivity contribution in [2.75, 3.05) is 31.8 Å². The number of ether oxygens (including phenoxy) is 1. The van der Waals surface area contributed by atoms with Crippen LogP contribution in [0, 0.1) is 0 Å². The van der Waals surface area contributed by atoms with Gasteiger partial charge in [0.25, 0.3) is 0 Å². The van der Waals surface area contributed by atoms with Gasteiger partial charge in [0.15, 0.2) is 0 Å². The summed E-state index contributed by atoms with van der Waals surface area (Å²) in [6, 6.07) is 0.251. The van der Waals surface area contributed by atoms with E-state index >= 15 is 0 Å². The van der Waals surface area contributed by atoms with Gasteiger partial charge in [-0.1, -0.05) is 6.92 Å². The summed E-state index contributed by atoms with van der Waals surface area (Å²) in [5.41, 5.74) is 0. The van der Waals surface area contributed by atoms with Crippen molar-refractivity contribution in [1.29, 1.82) is 0 Å². The van der Waals surface area contributed by atoms with E-state index in [4.69, 9.17) is 4.74 Å². The Morgan fingerprint density at radius 3 is 2.44 bits per heavy atom. The van der Waals surface area contributed by atoms with Gasteiger partial charge in [0.1, 0.15) is 9.84 Å². The van der Waals surface area contributed by atoms with Gasteiger partial charge in [-0.3, -0.25) is 0 Å². The predicted molar refractivity (Wildman–Crippen MR) is 67.5 cm³/mol. The molecule has 0 aromatic carbocycles. The molecule has 1 atom stereocenters. The van der Waals surface area contributed by atoms with E-state index in [9.17, 15) is 8.42 Å². The molecule has 0 bridgehead atoms. The summed E-state index contributed by atoms with van der Waals surface area (Å²) in [6.45, 7) is 6.41. The first kappa shape index (κ1) is 15.9. The highest BCUT2D eigenvalue weighted by molar-refractivity contribution is 7.90. The van der Waals surface area contributed by atoms with Gasteiger partial charge in [0.05, 0.1) is 5.75 Å². The lowest BCUT2D eigenvalue weighted by molar-refractivity contribution is 0.136. The minimum atomic E-state index is -2.86. The molecule has 0 aliphatic carbocycles. The Labute approximate surface area is 99.7 Å². The van der Waals surface area contributed by atoms with E-state index in [2.05, 4.69) is 12.2 Å². The summed E-state index contributed by atoms with van der Waals surface area (Å²) in [5, 5.41) is 3.36. The molecule has 16 heavy (non-hydrogen) atoms. The van der Waals surface area contributed by atoms with E-state index in [1.807, 2.05) is 6.92 Å². The average Bonchev–Trinajstić information content (AvgIpc) is 2.20. The fourth-order valence-corrected chi connectivity index (χ4v) is 2.14. The summed E-state index contributed by atoms with van der Waals surface area (Å²) in [4.78, 5) is 0. The summed E-state index contributed by atoms with van der Waals surface area (Å²) in [7, 11) is -2.86. The maximum atomic E-state index is 11.1. The Morgan fingerprint density at radius 1 is 1.25 bits per heavy atom. The minimum Gasteiger partial charge on any atom is -0.382 e. The van der Waals surface area contributed by atoms with Crippen molar-refractivity contribution in [3.8, 4) is 0 Å². The van der Waals surface area contributed by atoms with Gasteiger partial charge in [0, 0.05) is 25.5 Å². The van der Waals surface area contributed by atoms with Gasteiger partial charge in [-0.05, 0) is 32.7 Å². The molecule has 1 N–H and O–H groups in total. The highest BCUT2D eigenvalue weighted by Crippen LogP contribution is 2.02. The third kappa shape index (κ3) is 10.4. The second kappa shape index (κ2) is 8.96. The molecule has 0 spiro atoms. The van der Waals surface area contributed by atoms with Crippen molar-refractivity contribution >= 4 is 9.84 Å². The van der Waals surface area contributed by atoms with Crippen LogP contribution in [0.1, 0.15) is 33.1 Å². The smallest absolute Gasteiger partial charge is 0.147 e. The Kier molecular flexibility index (Phi) is 8.89. The first-order valence-electron chi connectivity index (χ1n) is 5.98. The van der Waals surface area contributed by atoms with Crippen LogP contribution >= 0.6 is 0 Å². The zero-order valence-electron chi connectivity index (χ0n) is 10.7. The van der Waals surface area contributed by atoms with Crippen LogP contribution in [-0.2, 0) is 14.6 Å². The number of rotatable bonds is 10. The van der Waals surface area contributed by atoms with Gasteiger partial charge in [-0.15, -0.1) is 0 Å². The van der Waals surface area contributed by atoms with Crippen molar-refractivity contribution in [2.24, 2.45) is 0 Å². The molecule has 0 aromatic heterocycles. The number of nitrogens with one attached hydrogen (secondary N) is 1. The standard InChI is InChI=1S/C11H25NO3S/c1-4-8-12-11(6-9-15-5-2)7-10-16(3,13)14/h11-12H,4-10H2,1-3H3. The summed E-state index contributed by atoms with van der Waals surface area (Å²) in [6.07, 6.45) is 3.89. The van der Waals surface area contributed by atoms with E-state index in [0.717, 1.165) is 19.4 Å². The topological polar surface area (TPSA) is 55.4 Å². The maximum absolute atomic E-state index is 11.1. The zero-order valence-corrected chi connectivity index (χ0v) is 11.5. The van der Waals surface area contributed by atoms with Crippen LogP contribution in [0.2, 0.25) is 0 Å². The average molecular weight is 251 g/mol. The number of sulfone groups is 1. The third-order valence-corrected chi connectivity index (χ3v) is 3.31. The van der Waals surface area contributed by atoms with Crippen LogP contribution in [0.25, 0.3) is 0 Å². The molecule has 4 nitrogen and oxygen atoms in total. The lowest BCUT2D eigenvalue weighted by atomic mass is 10.1. The molecule has 0 rings (SSSR count). The van der Waals surface area contributed by atoms with Crippen molar-refractivity contribution in [1.82, 2.24) is 5.32 Å². The highest BCUT2D eigenvalue weighted by Gasteiger charge is 2.11. The summed E-state index contributed by atoms with van der Waals surface area (Å²) in [5.74, 6) is 0.251. The van der Waals surface area contributed by atoms with Crippen molar-refractivity contribution in [2.45, 2.75) is 39.2 Å². The molecular formula is C11H25NO3S. The van der Waals surface area contributed by atoms with Crippen LogP contribution in [-0.4, -0.2) is 46.2 Å². The lowest BCUT2D eigenvalue weighted by Crippen LogP contribution is -2.32. The van der Waals surface area contributed by atoms with Crippen LogP contribution in [0.15, 0.2) is 0 Å². The van der Waals surface area contributed by atoms with E-state index in [1.54, 1.807) is 0 Å². The molecule has 0 saturated carbocycles. The Morgan fingerprint density at radius 2 is 1.94 bits per heavy atom. The van der Waals surface area contributed by atoms with Crippen LogP contribution < -0.4 is 5.32 Å². The Bertz CT molecular complexity index is 252. The van der Waals surface area contributed by atoms with Gasteiger partial charge < -0.3 is 10.1 Å². The maximum Gasteiger partial charge on any atom is 0.147 e. The second-order valence-electron chi connectivity index (χ2n) is 4.06. The molecule has 0 radical (unpaired) electrons. The SMILES string of the molecule is CCCNC(CCOCC)CCS(C)(=O)=O.